The number of anilines is 1. The Morgan fingerprint density at radius 1 is 0.907 bits per heavy atom. The Morgan fingerprint density at radius 3 is 2.14 bits per heavy atom. The Morgan fingerprint density at radius 2 is 1.51 bits per heavy atom. The predicted molar refractivity (Wildman–Crippen MR) is 173 cm³/mol. The normalized spacial score (nSPS) is 14.7. The molecule has 0 aromatic heterocycles. The van der Waals surface area contributed by atoms with Gasteiger partial charge >= 0.3 is 0 Å². The summed E-state index contributed by atoms with van der Waals surface area (Å²) >= 11 is 13.0. The molecule has 3 aromatic rings. The van der Waals surface area contributed by atoms with Gasteiger partial charge in [-0.15, -0.1) is 0 Å². The monoisotopic (exact) mass is 643 g/mol. The molecule has 1 fully saturated rings. The van der Waals surface area contributed by atoms with E-state index in [4.69, 9.17) is 23.2 Å². The van der Waals surface area contributed by atoms with Gasteiger partial charge in [-0.1, -0.05) is 78.4 Å². The molecule has 1 aliphatic rings. The molecule has 4 rings (SSSR count). The molecule has 43 heavy (non-hydrogen) atoms. The maximum Gasteiger partial charge on any atom is 0.264 e. The molecule has 1 saturated carbocycles. The van der Waals surface area contributed by atoms with Gasteiger partial charge in [0.25, 0.3) is 10.0 Å². The van der Waals surface area contributed by atoms with E-state index in [-0.39, 0.29) is 23.4 Å². The molecule has 1 N–H and O–H groups in total. The first-order valence-electron chi connectivity index (χ1n) is 14.6. The fourth-order valence-corrected chi connectivity index (χ4v) is 7.33. The topological polar surface area (TPSA) is 86.8 Å². The maximum absolute atomic E-state index is 14.3. The van der Waals surface area contributed by atoms with Crippen LogP contribution >= 0.6 is 23.2 Å². The van der Waals surface area contributed by atoms with Gasteiger partial charge in [0, 0.05) is 28.2 Å². The number of halogens is 2. The Hall–Kier alpha value is -3.07. The molecule has 7 nitrogen and oxygen atoms in total. The number of rotatable bonds is 10. The zero-order valence-corrected chi connectivity index (χ0v) is 27.4. The zero-order chi connectivity index (χ0) is 31.3. The number of aryl methyl sites for hydroxylation is 3. The minimum absolute atomic E-state index is 0.0397. The number of nitrogens with one attached hydrogen (secondary N) is 1. The second kappa shape index (κ2) is 14.1. The molecule has 0 saturated heterocycles. The lowest BCUT2D eigenvalue weighted by Crippen LogP contribution is -2.53. The van der Waals surface area contributed by atoms with Crippen LogP contribution < -0.4 is 9.62 Å². The molecular formula is C33H39Cl2N3O4S. The first kappa shape index (κ1) is 32.8. The lowest BCUT2D eigenvalue weighted by Gasteiger charge is -2.34. The number of amides is 2. The van der Waals surface area contributed by atoms with Gasteiger partial charge in [-0.25, -0.2) is 8.42 Å². The van der Waals surface area contributed by atoms with E-state index >= 15 is 0 Å². The van der Waals surface area contributed by atoms with E-state index in [1.807, 2.05) is 26.0 Å². The quantitative estimate of drug-likeness (QED) is 0.258. The third-order valence-electron chi connectivity index (χ3n) is 8.03. The fourth-order valence-electron chi connectivity index (χ4n) is 5.34. The van der Waals surface area contributed by atoms with Gasteiger partial charge in [-0.2, -0.15) is 0 Å². The van der Waals surface area contributed by atoms with Crippen LogP contribution in [0.25, 0.3) is 0 Å². The Labute approximate surface area is 265 Å². The van der Waals surface area contributed by atoms with Gasteiger partial charge in [-0.3, -0.25) is 13.9 Å². The highest BCUT2D eigenvalue weighted by Gasteiger charge is 2.34. The standard InChI is InChI=1S/C33H39Cl2N3O4S/c1-22-14-17-27(18-15-22)43(41,42)38(31-19-23(2)13-16-24(31)3)21-32(39)37(20-28-29(34)11-8-12-30(28)35)25(4)33(40)36-26-9-6-5-7-10-26/h8,11-19,25-26H,5-7,9-10,20-21H2,1-4H3,(H,36,40)/t25-/m0/s1. The largest absolute Gasteiger partial charge is 0.352 e. The molecule has 3 aromatic carbocycles. The van der Waals surface area contributed by atoms with Gasteiger partial charge in [0.05, 0.1) is 10.6 Å². The zero-order valence-electron chi connectivity index (χ0n) is 25.1. The molecule has 0 unspecified atom stereocenters. The number of hydrogen-bond acceptors (Lipinski definition) is 4. The highest BCUT2D eigenvalue weighted by molar-refractivity contribution is 7.92. The Kier molecular flexibility index (Phi) is 10.8. The number of hydrogen-bond donors (Lipinski definition) is 1. The van der Waals surface area contributed by atoms with E-state index in [1.165, 1.54) is 17.0 Å². The highest BCUT2D eigenvalue weighted by Crippen LogP contribution is 2.30. The van der Waals surface area contributed by atoms with Crippen molar-refractivity contribution in [3.05, 3.63) is 93.0 Å². The molecule has 10 heteroatoms. The summed E-state index contributed by atoms with van der Waals surface area (Å²) in [5.74, 6) is -0.859. The average molecular weight is 645 g/mol. The summed E-state index contributed by atoms with van der Waals surface area (Å²) in [5.41, 5.74) is 3.32. The van der Waals surface area contributed by atoms with Crippen molar-refractivity contribution in [3.63, 3.8) is 0 Å². The SMILES string of the molecule is Cc1ccc(S(=O)(=O)N(CC(=O)N(Cc2c(Cl)cccc2Cl)[C@@H](C)C(=O)NC2CCCCC2)c2cc(C)ccc2C)cc1. The lowest BCUT2D eigenvalue weighted by atomic mass is 9.95. The van der Waals surface area contributed by atoms with Gasteiger partial charge in [-0.05, 0) is 82.0 Å². The number of sulfonamides is 1. The summed E-state index contributed by atoms with van der Waals surface area (Å²) in [6.45, 7) is 6.60. The van der Waals surface area contributed by atoms with E-state index in [0.29, 0.717) is 26.9 Å². The summed E-state index contributed by atoms with van der Waals surface area (Å²) < 4.78 is 29.4. The lowest BCUT2D eigenvalue weighted by molar-refractivity contribution is -0.139. The number of carbonyl (C=O) groups is 2. The van der Waals surface area contributed by atoms with Crippen LogP contribution in [0.1, 0.15) is 61.3 Å². The molecule has 1 atom stereocenters. The average Bonchev–Trinajstić information content (AvgIpc) is 2.97. The Bertz CT molecular complexity index is 1550. The minimum Gasteiger partial charge on any atom is -0.352 e. The van der Waals surface area contributed by atoms with E-state index in [0.717, 1.165) is 47.5 Å². The fraction of sp³-hybridized carbons (Fsp3) is 0.394. The van der Waals surface area contributed by atoms with Gasteiger partial charge < -0.3 is 10.2 Å². The molecule has 230 valence electrons. The highest BCUT2D eigenvalue weighted by atomic mass is 35.5. The van der Waals surface area contributed by atoms with Crippen LogP contribution in [0.3, 0.4) is 0 Å². The first-order chi connectivity index (χ1) is 20.4. The summed E-state index contributed by atoms with van der Waals surface area (Å²) in [7, 11) is -4.16. The van der Waals surface area contributed by atoms with Gasteiger partial charge in [0.1, 0.15) is 12.6 Å². The van der Waals surface area contributed by atoms with Crippen LogP contribution in [0.4, 0.5) is 5.69 Å². The summed E-state index contributed by atoms with van der Waals surface area (Å²) in [5, 5.41) is 3.80. The van der Waals surface area contributed by atoms with Gasteiger partial charge in [0.2, 0.25) is 11.8 Å². The van der Waals surface area contributed by atoms with Crippen molar-refractivity contribution < 1.29 is 18.0 Å². The molecule has 0 radical (unpaired) electrons. The molecular weight excluding hydrogens is 605 g/mol. The smallest absolute Gasteiger partial charge is 0.264 e. The van der Waals surface area contributed by atoms with Crippen LogP contribution in [0.15, 0.2) is 65.6 Å². The van der Waals surface area contributed by atoms with E-state index in [1.54, 1.807) is 50.2 Å². The van der Waals surface area contributed by atoms with E-state index in [9.17, 15) is 18.0 Å². The third kappa shape index (κ3) is 7.91. The van der Waals surface area contributed by atoms with E-state index in [2.05, 4.69) is 5.32 Å². The number of carbonyl (C=O) groups excluding carboxylic acids is 2. The van der Waals surface area contributed by atoms with Crippen molar-refractivity contribution in [1.82, 2.24) is 10.2 Å². The van der Waals surface area contributed by atoms with Crippen LogP contribution in [-0.4, -0.2) is 43.8 Å². The number of nitrogens with zero attached hydrogens (tertiary/aromatic N) is 2. The third-order valence-corrected chi connectivity index (χ3v) is 10.5. The Balaban J connectivity index is 1.74. The van der Waals surface area contributed by atoms with Crippen LogP contribution in [-0.2, 0) is 26.2 Å². The predicted octanol–water partition coefficient (Wildman–Crippen LogP) is 6.98. The molecule has 0 aliphatic heterocycles. The van der Waals surface area contributed by atoms with Gasteiger partial charge in [0.15, 0.2) is 0 Å². The minimum atomic E-state index is -4.16. The summed E-state index contributed by atoms with van der Waals surface area (Å²) in [4.78, 5) is 29.2. The van der Waals surface area contributed by atoms with Crippen molar-refractivity contribution in [2.45, 2.75) is 83.3 Å². The maximum atomic E-state index is 14.3. The second-order valence-corrected chi connectivity index (χ2v) is 14.0. The van der Waals surface area contributed by atoms with Crippen molar-refractivity contribution >= 4 is 50.7 Å². The molecule has 2 amide bonds. The van der Waals surface area contributed by atoms with Crippen molar-refractivity contribution in [2.24, 2.45) is 0 Å². The molecule has 0 spiro atoms. The van der Waals surface area contributed by atoms with Crippen molar-refractivity contribution in [1.29, 1.82) is 0 Å². The second-order valence-electron chi connectivity index (χ2n) is 11.4. The summed E-state index contributed by atoms with van der Waals surface area (Å²) in [6.07, 6.45) is 4.99. The summed E-state index contributed by atoms with van der Waals surface area (Å²) in [6, 6.07) is 16.2. The molecule has 1 aliphatic carbocycles. The molecule has 0 bridgehead atoms. The van der Waals surface area contributed by atoms with E-state index < -0.39 is 28.5 Å². The number of benzene rings is 3. The first-order valence-corrected chi connectivity index (χ1v) is 16.8. The molecule has 0 heterocycles. The van der Waals surface area contributed by atoms with Crippen LogP contribution in [0, 0.1) is 20.8 Å². The van der Waals surface area contributed by atoms with Crippen LogP contribution in [0.2, 0.25) is 10.0 Å². The van der Waals surface area contributed by atoms with Crippen molar-refractivity contribution in [2.75, 3.05) is 10.8 Å². The van der Waals surface area contributed by atoms with Crippen molar-refractivity contribution in [3.8, 4) is 0 Å². The van der Waals surface area contributed by atoms with Crippen LogP contribution in [0.5, 0.6) is 0 Å².